The number of halogens is 1. The first-order chi connectivity index (χ1) is 15.2. The van der Waals surface area contributed by atoms with Crippen molar-refractivity contribution >= 4 is 43.2 Å². The highest BCUT2D eigenvalue weighted by Crippen LogP contribution is 2.40. The number of rotatable bonds is 6. The smallest absolute Gasteiger partial charge is 0.407 e. The molecule has 0 unspecified atom stereocenters. The molecule has 1 aromatic heterocycles. The lowest BCUT2D eigenvalue weighted by molar-refractivity contribution is 0.0416. The minimum Gasteiger partial charge on any atom is -0.447 e. The van der Waals surface area contributed by atoms with Gasteiger partial charge in [-0.1, -0.05) is 22.0 Å². The van der Waals surface area contributed by atoms with Gasteiger partial charge >= 0.3 is 6.09 Å². The predicted octanol–water partition coefficient (Wildman–Crippen LogP) is 4.91. The molecule has 32 heavy (non-hydrogen) atoms. The summed E-state index contributed by atoms with van der Waals surface area (Å²) in [4.78, 5) is 17.7. The molecule has 1 aliphatic heterocycles. The Morgan fingerprint density at radius 3 is 2.59 bits per heavy atom. The van der Waals surface area contributed by atoms with Gasteiger partial charge < -0.3 is 14.8 Å². The summed E-state index contributed by atoms with van der Waals surface area (Å²) in [5.41, 5.74) is 0.690. The number of carbonyl (C=O) groups excluding carboxylic acids is 1. The zero-order chi connectivity index (χ0) is 22.9. The molecule has 1 saturated carbocycles. The van der Waals surface area contributed by atoms with Gasteiger partial charge in [0.15, 0.2) is 9.84 Å². The number of carbonyl (C=O) groups is 1. The third-order valence-corrected chi connectivity index (χ3v) is 9.61. The number of sulfone groups is 1. The number of thiazole rings is 1. The molecule has 2 heterocycles. The molecule has 1 aliphatic carbocycles. The van der Waals surface area contributed by atoms with Gasteiger partial charge in [-0.15, -0.1) is 11.3 Å². The molecule has 0 radical (unpaired) electrons. The fourth-order valence-electron chi connectivity index (χ4n) is 4.01. The zero-order valence-electron chi connectivity index (χ0n) is 18.0. The third-order valence-electron chi connectivity index (χ3n) is 5.83. The van der Waals surface area contributed by atoms with Crippen molar-refractivity contribution in [2.75, 3.05) is 13.2 Å². The van der Waals surface area contributed by atoms with Crippen LogP contribution in [0.2, 0.25) is 0 Å². The van der Waals surface area contributed by atoms with Crippen LogP contribution in [-0.2, 0) is 19.3 Å². The fraction of sp³-hybridized carbons (Fsp3) is 0.545. The van der Waals surface area contributed by atoms with Gasteiger partial charge in [0.1, 0.15) is 5.25 Å². The quantitative estimate of drug-likeness (QED) is 0.557. The second-order valence-electron chi connectivity index (χ2n) is 8.55. The van der Waals surface area contributed by atoms with Gasteiger partial charge in [-0.25, -0.2) is 18.2 Å². The molecule has 0 bridgehead atoms. The number of amides is 1. The summed E-state index contributed by atoms with van der Waals surface area (Å²) in [6.45, 7) is 4.14. The molecule has 1 N–H and O–H groups in total. The first kappa shape index (κ1) is 23.7. The lowest BCUT2D eigenvalue weighted by Crippen LogP contribution is -2.40. The van der Waals surface area contributed by atoms with Crippen LogP contribution >= 0.6 is 27.3 Å². The second kappa shape index (κ2) is 9.79. The van der Waals surface area contributed by atoms with Crippen LogP contribution in [0.4, 0.5) is 4.79 Å². The summed E-state index contributed by atoms with van der Waals surface area (Å²) in [5.74, 6) is 0.309. The lowest BCUT2D eigenvalue weighted by Gasteiger charge is -2.28. The molecule has 1 saturated heterocycles. The van der Waals surface area contributed by atoms with E-state index in [-0.39, 0.29) is 31.5 Å². The largest absolute Gasteiger partial charge is 0.447 e. The molecule has 1 aromatic carbocycles. The van der Waals surface area contributed by atoms with Gasteiger partial charge in [-0.3, -0.25) is 0 Å². The number of benzene rings is 1. The van der Waals surface area contributed by atoms with Crippen molar-refractivity contribution in [2.45, 2.75) is 67.7 Å². The minimum absolute atomic E-state index is 0.116. The summed E-state index contributed by atoms with van der Waals surface area (Å²) >= 11 is 4.96. The average Bonchev–Trinajstić information content (AvgIpc) is 3.16. The Morgan fingerprint density at radius 2 is 1.97 bits per heavy atom. The molecule has 0 atom stereocenters. The van der Waals surface area contributed by atoms with Gasteiger partial charge in [-0.2, -0.15) is 0 Å². The Labute approximate surface area is 201 Å². The van der Waals surface area contributed by atoms with E-state index in [2.05, 4.69) is 26.2 Å². The summed E-state index contributed by atoms with van der Waals surface area (Å²) in [6.07, 6.45) is 4.86. The summed E-state index contributed by atoms with van der Waals surface area (Å²) in [7, 11) is -3.47. The van der Waals surface area contributed by atoms with Crippen molar-refractivity contribution in [1.29, 1.82) is 0 Å². The zero-order valence-corrected chi connectivity index (χ0v) is 21.3. The number of nitrogens with zero attached hydrogens (tertiary/aromatic N) is 1. The summed E-state index contributed by atoms with van der Waals surface area (Å²) in [5, 5.41) is 3.47. The van der Waals surface area contributed by atoms with E-state index in [1.165, 1.54) is 0 Å². The van der Waals surface area contributed by atoms with Crippen LogP contribution < -0.4 is 5.32 Å². The van der Waals surface area contributed by atoms with Gasteiger partial charge in [0.25, 0.3) is 0 Å². The first-order valence-corrected chi connectivity index (χ1v) is 13.9. The molecule has 174 valence electrons. The van der Waals surface area contributed by atoms with Crippen LogP contribution in [0, 0.1) is 0 Å². The summed E-state index contributed by atoms with van der Waals surface area (Å²) in [6, 6.07) is 5.49. The number of ether oxygens (including phenoxy) is 2. The first-order valence-electron chi connectivity index (χ1n) is 10.8. The van der Waals surface area contributed by atoms with Crippen molar-refractivity contribution in [3.05, 3.63) is 33.9 Å². The lowest BCUT2D eigenvalue weighted by atomic mass is 9.86. The van der Waals surface area contributed by atoms with E-state index < -0.39 is 15.1 Å². The maximum absolute atomic E-state index is 13.1. The van der Waals surface area contributed by atoms with Crippen molar-refractivity contribution in [3.8, 4) is 10.4 Å². The highest BCUT2D eigenvalue weighted by molar-refractivity contribution is 9.10. The standard InChI is InChI=1S/C22H27BrN2O5S2/c1-13(2)30-22(26)25-16-6-3-14(4-7-16)21-24-10-19(31-21)18-8-5-15(23)9-20(18)32(27,28)17-11-29-12-17/h5,8-10,13-14,16-17H,3-4,6-7,11-12H2,1-2H3,(H,25,26)/t14-,16-. The molecule has 7 nitrogen and oxygen atoms in total. The fourth-order valence-corrected chi connectivity index (χ4v) is 7.40. The molecule has 2 aliphatic rings. The van der Waals surface area contributed by atoms with Crippen molar-refractivity contribution in [1.82, 2.24) is 10.3 Å². The molecule has 10 heteroatoms. The molecule has 1 amide bonds. The van der Waals surface area contributed by atoms with Gasteiger partial charge in [0.05, 0.1) is 34.1 Å². The average molecular weight is 544 g/mol. The van der Waals surface area contributed by atoms with Gasteiger partial charge in [0.2, 0.25) is 0 Å². The molecule has 2 fully saturated rings. The number of alkyl carbamates (subject to hydrolysis) is 1. The molecular weight excluding hydrogens is 516 g/mol. The topological polar surface area (TPSA) is 94.6 Å². The van der Waals surface area contributed by atoms with Crippen LogP contribution in [0.5, 0.6) is 0 Å². The normalized spacial score (nSPS) is 21.9. The molecule has 2 aromatic rings. The highest BCUT2D eigenvalue weighted by Gasteiger charge is 2.36. The van der Waals surface area contributed by atoms with Crippen molar-refractivity contribution in [3.63, 3.8) is 0 Å². The number of nitrogens with one attached hydrogen (secondary N) is 1. The molecular formula is C22H27BrN2O5S2. The maximum Gasteiger partial charge on any atom is 0.407 e. The van der Waals surface area contributed by atoms with Crippen molar-refractivity contribution < 1.29 is 22.7 Å². The Balaban J connectivity index is 1.47. The van der Waals surface area contributed by atoms with Gasteiger partial charge in [-0.05, 0) is 51.7 Å². The van der Waals surface area contributed by atoms with E-state index in [1.807, 2.05) is 26.0 Å². The monoisotopic (exact) mass is 542 g/mol. The molecule has 0 spiro atoms. The van der Waals surface area contributed by atoms with Crippen LogP contribution in [0.25, 0.3) is 10.4 Å². The van der Waals surface area contributed by atoms with Gasteiger partial charge in [0, 0.05) is 28.2 Å². The SMILES string of the molecule is CC(C)OC(=O)N[C@H]1CC[C@H](c2ncc(-c3ccc(Br)cc3S(=O)(=O)C3COC3)s2)CC1. The van der Waals surface area contributed by atoms with Crippen molar-refractivity contribution in [2.24, 2.45) is 0 Å². The Morgan fingerprint density at radius 1 is 1.25 bits per heavy atom. The van der Waals surface area contributed by atoms with E-state index in [1.54, 1.807) is 23.6 Å². The highest BCUT2D eigenvalue weighted by atomic mass is 79.9. The van der Waals surface area contributed by atoms with Crippen LogP contribution in [-0.4, -0.2) is 50.1 Å². The number of hydrogen-bond acceptors (Lipinski definition) is 7. The van der Waals surface area contributed by atoms with Crippen LogP contribution in [0.15, 0.2) is 33.8 Å². The number of aromatic nitrogens is 1. The van der Waals surface area contributed by atoms with E-state index >= 15 is 0 Å². The Bertz CT molecular complexity index is 1070. The minimum atomic E-state index is -3.47. The Hall–Kier alpha value is -1.49. The van der Waals surface area contributed by atoms with Crippen LogP contribution in [0.3, 0.4) is 0 Å². The van der Waals surface area contributed by atoms with E-state index in [0.717, 1.165) is 40.0 Å². The van der Waals surface area contributed by atoms with E-state index in [4.69, 9.17) is 9.47 Å². The Kier molecular flexibility index (Phi) is 7.24. The maximum atomic E-state index is 13.1. The molecule has 4 rings (SSSR count). The predicted molar refractivity (Wildman–Crippen MR) is 127 cm³/mol. The second-order valence-corrected chi connectivity index (χ2v) is 12.7. The number of hydrogen-bond donors (Lipinski definition) is 1. The summed E-state index contributed by atoms with van der Waals surface area (Å²) < 4.78 is 37.2. The third kappa shape index (κ3) is 5.18. The van der Waals surface area contributed by atoms with E-state index in [0.29, 0.717) is 16.4 Å². The van der Waals surface area contributed by atoms with Crippen LogP contribution in [0.1, 0.15) is 50.5 Å². The van der Waals surface area contributed by atoms with E-state index in [9.17, 15) is 13.2 Å².